The SMILES string of the molecule is C=CC=CCCCCCCCCCCCC=O. The Morgan fingerprint density at radius 2 is 1.18 bits per heavy atom. The third-order valence-corrected chi connectivity index (χ3v) is 2.96. The number of allylic oxidation sites excluding steroid dienone is 3. The highest BCUT2D eigenvalue weighted by Crippen LogP contribution is 2.11. The van der Waals surface area contributed by atoms with Crippen molar-refractivity contribution < 1.29 is 4.79 Å². The van der Waals surface area contributed by atoms with Crippen LogP contribution >= 0.6 is 0 Å². The molecule has 0 aliphatic carbocycles. The summed E-state index contributed by atoms with van der Waals surface area (Å²) >= 11 is 0. The van der Waals surface area contributed by atoms with Crippen molar-refractivity contribution in [3.8, 4) is 0 Å². The molecule has 17 heavy (non-hydrogen) atoms. The Labute approximate surface area is 107 Å². The van der Waals surface area contributed by atoms with Gasteiger partial charge in [0.05, 0.1) is 0 Å². The van der Waals surface area contributed by atoms with Crippen molar-refractivity contribution in [1.29, 1.82) is 0 Å². The molecule has 98 valence electrons. The molecule has 0 unspecified atom stereocenters. The van der Waals surface area contributed by atoms with Crippen LogP contribution in [-0.2, 0) is 4.79 Å². The zero-order valence-corrected chi connectivity index (χ0v) is 11.2. The number of hydrogen-bond acceptors (Lipinski definition) is 1. The molecular formula is C16H28O. The van der Waals surface area contributed by atoms with Gasteiger partial charge in [-0.3, -0.25) is 0 Å². The van der Waals surface area contributed by atoms with E-state index in [0.717, 1.165) is 19.1 Å². The van der Waals surface area contributed by atoms with Gasteiger partial charge in [0.1, 0.15) is 6.29 Å². The average Bonchev–Trinajstić information content (AvgIpc) is 2.35. The Balaban J connectivity index is 2.96. The third kappa shape index (κ3) is 15.1. The molecule has 0 radical (unpaired) electrons. The van der Waals surface area contributed by atoms with Crippen LogP contribution in [0.1, 0.15) is 70.6 Å². The first kappa shape index (κ1) is 16.1. The van der Waals surface area contributed by atoms with Gasteiger partial charge in [-0.15, -0.1) is 0 Å². The van der Waals surface area contributed by atoms with Crippen LogP contribution in [0.15, 0.2) is 24.8 Å². The van der Waals surface area contributed by atoms with Crippen LogP contribution in [-0.4, -0.2) is 6.29 Å². The van der Waals surface area contributed by atoms with E-state index in [-0.39, 0.29) is 0 Å². The fraction of sp³-hybridized carbons (Fsp3) is 0.688. The van der Waals surface area contributed by atoms with Crippen molar-refractivity contribution in [2.45, 2.75) is 70.6 Å². The molecule has 0 saturated heterocycles. The second-order valence-corrected chi connectivity index (χ2v) is 4.59. The topological polar surface area (TPSA) is 17.1 Å². The minimum atomic E-state index is 0.748. The molecular weight excluding hydrogens is 208 g/mol. The van der Waals surface area contributed by atoms with E-state index in [0.29, 0.717) is 0 Å². The molecule has 1 heteroatoms. The highest BCUT2D eigenvalue weighted by atomic mass is 16.1. The van der Waals surface area contributed by atoms with Crippen molar-refractivity contribution >= 4 is 6.29 Å². The summed E-state index contributed by atoms with van der Waals surface area (Å²) in [6, 6.07) is 0. The molecule has 0 rings (SSSR count). The van der Waals surface area contributed by atoms with Gasteiger partial charge in [-0.2, -0.15) is 0 Å². The van der Waals surface area contributed by atoms with Crippen LogP contribution < -0.4 is 0 Å². The van der Waals surface area contributed by atoms with Crippen LogP contribution in [0.25, 0.3) is 0 Å². The Morgan fingerprint density at radius 1 is 0.706 bits per heavy atom. The van der Waals surface area contributed by atoms with Gasteiger partial charge < -0.3 is 4.79 Å². The highest BCUT2D eigenvalue weighted by molar-refractivity contribution is 5.48. The second-order valence-electron chi connectivity index (χ2n) is 4.59. The Kier molecular flexibility index (Phi) is 14.4. The molecule has 0 aliphatic heterocycles. The summed E-state index contributed by atoms with van der Waals surface area (Å²) in [5.41, 5.74) is 0. The summed E-state index contributed by atoms with van der Waals surface area (Å²) < 4.78 is 0. The molecule has 0 aromatic carbocycles. The first-order valence-corrected chi connectivity index (χ1v) is 7.13. The number of aldehydes is 1. The molecule has 0 atom stereocenters. The number of hydrogen-bond donors (Lipinski definition) is 0. The van der Waals surface area contributed by atoms with Crippen molar-refractivity contribution in [2.24, 2.45) is 0 Å². The molecule has 0 aromatic heterocycles. The van der Waals surface area contributed by atoms with Gasteiger partial charge in [0, 0.05) is 6.42 Å². The Morgan fingerprint density at radius 3 is 1.65 bits per heavy atom. The van der Waals surface area contributed by atoms with E-state index in [2.05, 4.69) is 12.7 Å². The summed E-state index contributed by atoms with van der Waals surface area (Å²) in [6.45, 7) is 3.65. The standard InChI is InChI=1S/C16H28O/c1-2-3-4-5-6-7-8-9-10-11-12-13-14-15-16-17/h2-4,16H,1,5-15H2. The van der Waals surface area contributed by atoms with Gasteiger partial charge in [-0.1, -0.05) is 69.8 Å². The summed E-state index contributed by atoms with van der Waals surface area (Å²) in [6.07, 6.45) is 20.8. The zero-order valence-electron chi connectivity index (χ0n) is 11.2. The lowest BCUT2D eigenvalue weighted by atomic mass is 10.1. The van der Waals surface area contributed by atoms with E-state index >= 15 is 0 Å². The monoisotopic (exact) mass is 236 g/mol. The van der Waals surface area contributed by atoms with Crippen LogP contribution in [0, 0.1) is 0 Å². The number of rotatable bonds is 13. The van der Waals surface area contributed by atoms with E-state index < -0.39 is 0 Å². The third-order valence-electron chi connectivity index (χ3n) is 2.96. The largest absolute Gasteiger partial charge is 0.303 e. The van der Waals surface area contributed by atoms with Crippen molar-refractivity contribution in [3.05, 3.63) is 24.8 Å². The molecule has 0 heterocycles. The smallest absolute Gasteiger partial charge is 0.119 e. The maximum absolute atomic E-state index is 10.1. The van der Waals surface area contributed by atoms with Gasteiger partial charge in [0.2, 0.25) is 0 Å². The Bertz CT molecular complexity index is 194. The minimum absolute atomic E-state index is 0.748. The van der Waals surface area contributed by atoms with Gasteiger partial charge in [0.25, 0.3) is 0 Å². The summed E-state index contributed by atoms with van der Waals surface area (Å²) in [4.78, 5) is 10.1. The quantitative estimate of drug-likeness (QED) is 0.243. The maximum atomic E-state index is 10.1. The highest BCUT2D eigenvalue weighted by Gasteiger charge is 1.92. The van der Waals surface area contributed by atoms with Gasteiger partial charge in [-0.25, -0.2) is 0 Å². The molecule has 0 saturated carbocycles. The first-order chi connectivity index (χ1) is 8.41. The maximum Gasteiger partial charge on any atom is 0.119 e. The summed E-state index contributed by atoms with van der Waals surface area (Å²) in [5.74, 6) is 0. The zero-order chi connectivity index (χ0) is 12.6. The number of carbonyl (C=O) groups is 1. The lowest BCUT2D eigenvalue weighted by molar-refractivity contribution is -0.107. The van der Waals surface area contributed by atoms with Crippen molar-refractivity contribution in [2.75, 3.05) is 0 Å². The van der Waals surface area contributed by atoms with E-state index in [1.54, 1.807) is 0 Å². The van der Waals surface area contributed by atoms with E-state index in [1.165, 1.54) is 57.8 Å². The van der Waals surface area contributed by atoms with Gasteiger partial charge in [-0.05, 0) is 19.3 Å². The number of unbranched alkanes of at least 4 members (excludes halogenated alkanes) is 10. The number of carbonyl (C=O) groups excluding carboxylic acids is 1. The minimum Gasteiger partial charge on any atom is -0.303 e. The molecule has 0 spiro atoms. The lowest BCUT2D eigenvalue weighted by Crippen LogP contribution is -1.82. The molecule has 0 amide bonds. The summed E-state index contributed by atoms with van der Waals surface area (Å²) in [5, 5.41) is 0. The molecule has 0 N–H and O–H groups in total. The fourth-order valence-corrected chi connectivity index (χ4v) is 1.92. The fourth-order valence-electron chi connectivity index (χ4n) is 1.92. The van der Waals surface area contributed by atoms with Gasteiger partial charge >= 0.3 is 0 Å². The Hall–Kier alpha value is -0.850. The predicted octanol–water partition coefficient (Wildman–Crippen LogP) is 5.22. The van der Waals surface area contributed by atoms with Crippen LogP contribution in [0.4, 0.5) is 0 Å². The normalized spacial score (nSPS) is 10.8. The molecule has 0 bridgehead atoms. The summed E-state index contributed by atoms with van der Waals surface area (Å²) in [7, 11) is 0. The van der Waals surface area contributed by atoms with Crippen LogP contribution in [0.2, 0.25) is 0 Å². The van der Waals surface area contributed by atoms with Crippen molar-refractivity contribution in [3.63, 3.8) is 0 Å². The van der Waals surface area contributed by atoms with E-state index in [9.17, 15) is 4.79 Å². The molecule has 1 nitrogen and oxygen atoms in total. The van der Waals surface area contributed by atoms with Crippen LogP contribution in [0.3, 0.4) is 0 Å². The van der Waals surface area contributed by atoms with Gasteiger partial charge in [0.15, 0.2) is 0 Å². The van der Waals surface area contributed by atoms with Crippen LogP contribution in [0.5, 0.6) is 0 Å². The molecule has 0 fully saturated rings. The van der Waals surface area contributed by atoms with Crippen molar-refractivity contribution in [1.82, 2.24) is 0 Å². The second kappa shape index (κ2) is 15.1. The first-order valence-electron chi connectivity index (χ1n) is 7.13. The predicted molar refractivity (Wildman–Crippen MR) is 76.2 cm³/mol. The molecule has 0 aliphatic rings. The van der Waals surface area contributed by atoms with E-state index in [1.807, 2.05) is 12.2 Å². The average molecular weight is 236 g/mol. The van der Waals surface area contributed by atoms with E-state index in [4.69, 9.17) is 0 Å². The lowest BCUT2D eigenvalue weighted by Gasteiger charge is -2.00. The molecule has 0 aromatic rings.